The number of imidazole rings is 1. The highest BCUT2D eigenvalue weighted by atomic mass is 16.4. The van der Waals surface area contributed by atoms with E-state index in [0.717, 1.165) is 4.57 Å². The van der Waals surface area contributed by atoms with Crippen molar-refractivity contribution in [3.63, 3.8) is 0 Å². The summed E-state index contributed by atoms with van der Waals surface area (Å²) in [6.07, 6.45) is 0. The molecule has 0 saturated carbocycles. The molecule has 6 nitrogen and oxygen atoms in total. The first-order valence-corrected chi connectivity index (χ1v) is 4.60. The molecular formula is C10H10N2O4. The van der Waals surface area contributed by atoms with Crippen molar-refractivity contribution in [3.05, 3.63) is 28.7 Å². The predicted octanol–water partition coefficient (Wildman–Crippen LogP) is 0.130. The van der Waals surface area contributed by atoms with Gasteiger partial charge in [0.05, 0.1) is 11.0 Å². The summed E-state index contributed by atoms with van der Waals surface area (Å²) < 4.78 is 2.45. The molecule has 2 aromatic rings. The largest absolute Gasteiger partial charge is 0.508 e. The van der Waals surface area contributed by atoms with Crippen LogP contribution >= 0.6 is 0 Å². The van der Waals surface area contributed by atoms with Gasteiger partial charge in [0, 0.05) is 13.1 Å². The molecule has 2 rings (SSSR count). The van der Waals surface area contributed by atoms with Gasteiger partial charge in [0.2, 0.25) is 0 Å². The maximum Gasteiger partial charge on any atom is 0.329 e. The molecule has 0 atom stereocenters. The van der Waals surface area contributed by atoms with E-state index in [1.54, 1.807) is 0 Å². The zero-order chi connectivity index (χ0) is 11.9. The number of aliphatic carboxylic acids is 1. The van der Waals surface area contributed by atoms with Crippen molar-refractivity contribution in [2.45, 2.75) is 6.54 Å². The Morgan fingerprint density at radius 1 is 1.38 bits per heavy atom. The number of aromatic nitrogens is 2. The van der Waals surface area contributed by atoms with Gasteiger partial charge in [-0.05, 0) is 12.1 Å². The van der Waals surface area contributed by atoms with Crippen molar-refractivity contribution in [2.75, 3.05) is 0 Å². The van der Waals surface area contributed by atoms with Crippen LogP contribution < -0.4 is 5.69 Å². The van der Waals surface area contributed by atoms with Crippen LogP contribution in [0.2, 0.25) is 0 Å². The second kappa shape index (κ2) is 3.41. The van der Waals surface area contributed by atoms with Gasteiger partial charge in [0.15, 0.2) is 0 Å². The summed E-state index contributed by atoms with van der Waals surface area (Å²) in [7, 11) is 1.53. The van der Waals surface area contributed by atoms with Gasteiger partial charge in [-0.3, -0.25) is 13.9 Å². The van der Waals surface area contributed by atoms with Gasteiger partial charge >= 0.3 is 11.7 Å². The van der Waals surface area contributed by atoms with Crippen LogP contribution in [0.4, 0.5) is 0 Å². The number of carbonyl (C=O) groups is 1. The Morgan fingerprint density at radius 2 is 2.06 bits per heavy atom. The smallest absolute Gasteiger partial charge is 0.329 e. The third kappa shape index (κ3) is 1.44. The van der Waals surface area contributed by atoms with Crippen LogP contribution in [-0.2, 0) is 18.4 Å². The molecule has 84 valence electrons. The normalized spacial score (nSPS) is 10.8. The third-order valence-electron chi connectivity index (χ3n) is 2.42. The van der Waals surface area contributed by atoms with Gasteiger partial charge in [-0.15, -0.1) is 0 Å². The molecule has 0 spiro atoms. The summed E-state index contributed by atoms with van der Waals surface area (Å²) in [5.41, 5.74) is 0.585. The highest BCUT2D eigenvalue weighted by Gasteiger charge is 2.12. The lowest BCUT2D eigenvalue weighted by atomic mass is 10.3. The average molecular weight is 222 g/mol. The standard InChI is InChI=1S/C10H10N2O4/c1-11-8-4-6(13)2-3-7(8)12(10(11)16)5-9(14)15/h2-4,13H,5H2,1H3,(H,14,15). The summed E-state index contributed by atoms with van der Waals surface area (Å²) in [6.45, 7) is -0.388. The van der Waals surface area contributed by atoms with E-state index in [-0.39, 0.29) is 12.3 Å². The Balaban J connectivity index is 2.79. The Kier molecular flexibility index (Phi) is 2.19. The van der Waals surface area contributed by atoms with E-state index >= 15 is 0 Å². The molecule has 0 radical (unpaired) electrons. The molecule has 0 saturated heterocycles. The van der Waals surface area contributed by atoms with E-state index < -0.39 is 11.7 Å². The molecule has 0 fully saturated rings. The maximum absolute atomic E-state index is 11.7. The number of benzene rings is 1. The third-order valence-corrected chi connectivity index (χ3v) is 2.42. The number of hydrogen-bond acceptors (Lipinski definition) is 3. The van der Waals surface area contributed by atoms with Crippen LogP contribution in [-0.4, -0.2) is 25.3 Å². The number of aromatic hydroxyl groups is 1. The first kappa shape index (κ1) is 10.3. The molecule has 0 unspecified atom stereocenters. The monoisotopic (exact) mass is 222 g/mol. The number of nitrogens with zero attached hydrogens (tertiary/aromatic N) is 2. The second-order valence-electron chi connectivity index (χ2n) is 3.49. The fourth-order valence-electron chi connectivity index (χ4n) is 1.68. The van der Waals surface area contributed by atoms with Crippen LogP contribution in [0.15, 0.2) is 23.0 Å². The quantitative estimate of drug-likeness (QED) is 0.756. The molecule has 1 aromatic carbocycles. The van der Waals surface area contributed by atoms with E-state index in [4.69, 9.17) is 5.11 Å². The molecule has 0 aliphatic heterocycles. The molecule has 0 amide bonds. The minimum atomic E-state index is -1.08. The lowest BCUT2D eigenvalue weighted by molar-refractivity contribution is -0.137. The molecule has 2 N–H and O–H groups in total. The van der Waals surface area contributed by atoms with Crippen molar-refractivity contribution in [3.8, 4) is 5.75 Å². The Morgan fingerprint density at radius 3 is 2.69 bits per heavy atom. The van der Waals surface area contributed by atoms with Crippen LogP contribution in [0.5, 0.6) is 5.75 Å². The van der Waals surface area contributed by atoms with E-state index in [0.29, 0.717) is 11.0 Å². The van der Waals surface area contributed by atoms with Gasteiger partial charge in [-0.1, -0.05) is 0 Å². The van der Waals surface area contributed by atoms with Crippen LogP contribution in [0, 0.1) is 0 Å². The van der Waals surface area contributed by atoms with Gasteiger partial charge in [0.1, 0.15) is 12.3 Å². The minimum absolute atomic E-state index is 0.0376. The first-order chi connectivity index (χ1) is 7.50. The molecule has 16 heavy (non-hydrogen) atoms. The molecular weight excluding hydrogens is 212 g/mol. The topological polar surface area (TPSA) is 84.5 Å². The highest BCUT2D eigenvalue weighted by molar-refractivity contribution is 5.79. The lowest BCUT2D eigenvalue weighted by Crippen LogP contribution is -2.25. The summed E-state index contributed by atoms with van der Waals surface area (Å²) >= 11 is 0. The van der Waals surface area contributed by atoms with Crippen LogP contribution in [0.25, 0.3) is 11.0 Å². The Labute approximate surface area is 90.0 Å². The summed E-state index contributed by atoms with van der Waals surface area (Å²) in [5, 5.41) is 18.0. The molecule has 0 bridgehead atoms. The molecule has 1 aromatic heterocycles. The minimum Gasteiger partial charge on any atom is -0.508 e. The number of carboxylic acid groups (broad SMARTS) is 1. The number of fused-ring (bicyclic) bond motifs is 1. The Hall–Kier alpha value is -2.24. The zero-order valence-electron chi connectivity index (χ0n) is 8.54. The second-order valence-corrected chi connectivity index (χ2v) is 3.49. The zero-order valence-corrected chi connectivity index (χ0v) is 8.54. The van der Waals surface area contributed by atoms with Gasteiger partial charge in [-0.2, -0.15) is 0 Å². The van der Waals surface area contributed by atoms with E-state index in [9.17, 15) is 14.7 Å². The number of phenolic OH excluding ortho intramolecular Hbond substituents is 1. The summed E-state index contributed by atoms with van der Waals surface area (Å²) in [6, 6.07) is 4.37. The van der Waals surface area contributed by atoms with Gasteiger partial charge in [0.25, 0.3) is 0 Å². The average Bonchev–Trinajstić information content (AvgIpc) is 2.43. The fraction of sp³-hybridized carbons (Fsp3) is 0.200. The highest BCUT2D eigenvalue weighted by Crippen LogP contribution is 2.18. The number of hydrogen-bond donors (Lipinski definition) is 2. The SMILES string of the molecule is Cn1c(=O)n(CC(=O)O)c2ccc(O)cc21. The van der Waals surface area contributed by atoms with Crippen molar-refractivity contribution in [2.24, 2.45) is 7.05 Å². The maximum atomic E-state index is 11.7. The number of rotatable bonds is 2. The lowest BCUT2D eigenvalue weighted by Gasteiger charge is -1.98. The van der Waals surface area contributed by atoms with Crippen LogP contribution in [0.3, 0.4) is 0 Å². The van der Waals surface area contributed by atoms with Crippen molar-refractivity contribution in [1.82, 2.24) is 9.13 Å². The van der Waals surface area contributed by atoms with Gasteiger partial charge < -0.3 is 10.2 Å². The Bertz CT molecular complexity index is 624. The van der Waals surface area contributed by atoms with Crippen LogP contribution in [0.1, 0.15) is 0 Å². The number of phenols is 1. The molecule has 0 aliphatic carbocycles. The molecule has 1 heterocycles. The van der Waals surface area contributed by atoms with Gasteiger partial charge in [-0.25, -0.2) is 4.79 Å². The predicted molar refractivity (Wildman–Crippen MR) is 56.5 cm³/mol. The van der Waals surface area contributed by atoms with Crippen molar-refractivity contribution in [1.29, 1.82) is 0 Å². The van der Waals surface area contributed by atoms with E-state index in [1.165, 1.54) is 29.8 Å². The summed E-state index contributed by atoms with van der Waals surface area (Å²) in [5.74, 6) is -1.04. The van der Waals surface area contributed by atoms with E-state index in [2.05, 4.69) is 0 Å². The number of aryl methyl sites for hydroxylation is 1. The summed E-state index contributed by atoms with van der Waals surface area (Å²) in [4.78, 5) is 22.3. The van der Waals surface area contributed by atoms with E-state index in [1.807, 2.05) is 0 Å². The fourth-order valence-corrected chi connectivity index (χ4v) is 1.68. The van der Waals surface area contributed by atoms with Crippen molar-refractivity contribution < 1.29 is 15.0 Å². The molecule has 0 aliphatic rings. The van der Waals surface area contributed by atoms with Crippen molar-refractivity contribution >= 4 is 17.0 Å². The first-order valence-electron chi connectivity index (χ1n) is 4.60. The molecule has 6 heteroatoms. The number of carboxylic acids is 1.